The Morgan fingerprint density at radius 1 is 1.12 bits per heavy atom. The molecule has 2 amide bonds. The number of halogens is 1. The molecule has 0 unspecified atom stereocenters. The number of nitrogens with one attached hydrogen (secondary N) is 1. The normalized spacial score (nSPS) is 18.2. The van der Waals surface area contributed by atoms with Gasteiger partial charge in [0.15, 0.2) is 0 Å². The Kier molecular flexibility index (Phi) is 5.48. The van der Waals surface area contributed by atoms with Crippen LogP contribution in [0.15, 0.2) is 54.6 Å². The SMILES string of the molecule is Cc1nc2ccc(C(=O)N3CCC4(CC=CCN(Cc5ccc(F)cc5)C4=O)CC3)cc2[nH]1. The summed E-state index contributed by atoms with van der Waals surface area (Å²) in [5.41, 5.74) is 2.75. The number of likely N-dealkylation sites (tertiary alicyclic amines) is 1. The highest BCUT2D eigenvalue weighted by molar-refractivity contribution is 5.97. The first-order chi connectivity index (χ1) is 15.9. The number of aromatic amines is 1. The first-order valence-corrected chi connectivity index (χ1v) is 11.4. The van der Waals surface area contributed by atoms with E-state index in [1.807, 2.05) is 41.0 Å². The molecule has 0 radical (unpaired) electrons. The van der Waals surface area contributed by atoms with Crippen molar-refractivity contribution >= 4 is 22.8 Å². The fourth-order valence-electron chi connectivity index (χ4n) is 4.97. The molecule has 2 aromatic carbocycles. The van der Waals surface area contributed by atoms with Crippen LogP contribution < -0.4 is 0 Å². The molecule has 0 aliphatic carbocycles. The van der Waals surface area contributed by atoms with E-state index < -0.39 is 5.41 Å². The predicted molar refractivity (Wildman–Crippen MR) is 124 cm³/mol. The molecule has 33 heavy (non-hydrogen) atoms. The molecule has 1 N–H and O–H groups in total. The van der Waals surface area contributed by atoms with Crippen LogP contribution in [0.2, 0.25) is 0 Å². The second-order valence-electron chi connectivity index (χ2n) is 9.11. The molecule has 170 valence electrons. The summed E-state index contributed by atoms with van der Waals surface area (Å²) in [5.74, 6) is 0.646. The van der Waals surface area contributed by atoms with Gasteiger partial charge in [0.2, 0.25) is 5.91 Å². The topological polar surface area (TPSA) is 69.3 Å². The number of rotatable bonds is 3. The summed E-state index contributed by atoms with van der Waals surface area (Å²) in [6, 6.07) is 11.8. The Hall–Kier alpha value is -3.48. The molecule has 0 atom stereocenters. The van der Waals surface area contributed by atoms with Crippen molar-refractivity contribution in [2.24, 2.45) is 5.41 Å². The third kappa shape index (κ3) is 4.15. The van der Waals surface area contributed by atoms with E-state index in [4.69, 9.17) is 0 Å². The minimum atomic E-state index is -0.492. The number of nitrogens with zero attached hydrogens (tertiary/aromatic N) is 3. The maximum Gasteiger partial charge on any atom is 0.253 e. The van der Waals surface area contributed by atoms with Crippen LogP contribution in [-0.4, -0.2) is 51.2 Å². The summed E-state index contributed by atoms with van der Waals surface area (Å²) in [4.78, 5) is 38.0. The number of allylic oxidation sites excluding steroid dienone is 1. The Balaban J connectivity index is 1.29. The summed E-state index contributed by atoms with van der Waals surface area (Å²) < 4.78 is 13.3. The number of imidazole rings is 1. The standard InChI is InChI=1S/C26H27FN4O2/c1-18-28-22-9-6-20(16-23(22)29-18)24(32)30-14-11-26(12-15-30)10-2-3-13-31(25(26)33)17-19-4-7-21(27)8-5-19/h2-9,16H,10-15,17H2,1H3,(H,28,29). The summed E-state index contributed by atoms with van der Waals surface area (Å²) in [7, 11) is 0. The van der Waals surface area contributed by atoms with Crippen LogP contribution in [0.5, 0.6) is 0 Å². The highest BCUT2D eigenvalue weighted by Gasteiger charge is 2.44. The maximum atomic E-state index is 13.6. The number of hydrogen-bond acceptors (Lipinski definition) is 3. The number of carbonyl (C=O) groups excluding carboxylic acids is 2. The van der Waals surface area contributed by atoms with Gasteiger partial charge in [0.05, 0.1) is 16.4 Å². The van der Waals surface area contributed by atoms with E-state index in [-0.39, 0.29) is 17.6 Å². The van der Waals surface area contributed by atoms with Crippen LogP contribution in [-0.2, 0) is 11.3 Å². The minimum Gasteiger partial charge on any atom is -0.342 e. The molecule has 1 aromatic heterocycles. The van der Waals surface area contributed by atoms with Gasteiger partial charge >= 0.3 is 0 Å². The van der Waals surface area contributed by atoms with Gasteiger partial charge in [-0.3, -0.25) is 9.59 Å². The fraction of sp³-hybridized carbons (Fsp3) is 0.346. The minimum absolute atomic E-state index is 0.0150. The number of H-pyrrole nitrogens is 1. The summed E-state index contributed by atoms with van der Waals surface area (Å²) in [6.07, 6.45) is 6.08. The number of benzene rings is 2. The first-order valence-electron chi connectivity index (χ1n) is 11.4. The van der Waals surface area contributed by atoms with Crippen molar-refractivity contribution in [3.8, 4) is 0 Å². The van der Waals surface area contributed by atoms with E-state index in [1.165, 1.54) is 12.1 Å². The smallest absolute Gasteiger partial charge is 0.253 e. The van der Waals surface area contributed by atoms with Crippen LogP contribution in [0.3, 0.4) is 0 Å². The van der Waals surface area contributed by atoms with E-state index in [0.717, 1.165) is 22.4 Å². The van der Waals surface area contributed by atoms with Crippen LogP contribution in [0.25, 0.3) is 11.0 Å². The van der Waals surface area contributed by atoms with Gasteiger partial charge in [-0.15, -0.1) is 0 Å². The lowest BCUT2D eigenvalue weighted by molar-refractivity contribution is -0.144. The van der Waals surface area contributed by atoms with Crippen molar-refractivity contribution < 1.29 is 14.0 Å². The van der Waals surface area contributed by atoms with Gasteiger partial charge in [-0.1, -0.05) is 24.3 Å². The number of amides is 2. The van der Waals surface area contributed by atoms with Gasteiger partial charge in [0.25, 0.3) is 5.91 Å². The molecule has 3 aromatic rings. The number of aryl methyl sites for hydroxylation is 1. The molecule has 7 heteroatoms. The summed E-state index contributed by atoms with van der Waals surface area (Å²) in [6.45, 7) is 3.98. The van der Waals surface area contributed by atoms with Crippen molar-refractivity contribution in [3.63, 3.8) is 0 Å². The molecule has 0 bridgehead atoms. The lowest BCUT2D eigenvalue weighted by Gasteiger charge is -2.42. The Labute approximate surface area is 192 Å². The Morgan fingerprint density at radius 2 is 1.88 bits per heavy atom. The molecular weight excluding hydrogens is 419 g/mol. The van der Waals surface area contributed by atoms with Crippen LogP contribution in [0, 0.1) is 18.2 Å². The second-order valence-corrected chi connectivity index (χ2v) is 9.11. The molecule has 3 heterocycles. The van der Waals surface area contributed by atoms with Crippen molar-refractivity contribution in [1.82, 2.24) is 19.8 Å². The molecule has 2 aliphatic rings. The molecule has 5 rings (SSSR count). The van der Waals surface area contributed by atoms with Crippen molar-refractivity contribution in [3.05, 3.63) is 77.4 Å². The van der Waals surface area contributed by atoms with Gasteiger partial charge in [-0.05, 0) is 62.1 Å². The number of carbonyl (C=O) groups is 2. The number of aromatic nitrogens is 2. The van der Waals surface area contributed by atoms with E-state index >= 15 is 0 Å². The van der Waals surface area contributed by atoms with E-state index in [2.05, 4.69) is 16.0 Å². The second kappa shape index (κ2) is 8.46. The highest BCUT2D eigenvalue weighted by atomic mass is 19.1. The average molecular weight is 447 g/mol. The van der Waals surface area contributed by atoms with E-state index in [0.29, 0.717) is 51.0 Å². The Bertz CT molecular complexity index is 1220. The summed E-state index contributed by atoms with van der Waals surface area (Å²) >= 11 is 0. The van der Waals surface area contributed by atoms with Gasteiger partial charge in [-0.2, -0.15) is 0 Å². The zero-order chi connectivity index (χ0) is 23.0. The lowest BCUT2D eigenvalue weighted by atomic mass is 9.74. The predicted octanol–water partition coefficient (Wildman–Crippen LogP) is 4.22. The molecule has 0 saturated carbocycles. The van der Waals surface area contributed by atoms with Crippen molar-refractivity contribution in [1.29, 1.82) is 0 Å². The maximum absolute atomic E-state index is 13.6. The third-order valence-corrected chi connectivity index (χ3v) is 6.88. The quantitative estimate of drug-likeness (QED) is 0.613. The first kappa shape index (κ1) is 21.4. The van der Waals surface area contributed by atoms with Crippen molar-refractivity contribution in [2.45, 2.75) is 32.7 Å². The number of fused-ring (bicyclic) bond motifs is 1. The van der Waals surface area contributed by atoms with Gasteiger partial charge in [0, 0.05) is 31.7 Å². The highest BCUT2D eigenvalue weighted by Crippen LogP contribution is 2.39. The zero-order valence-electron chi connectivity index (χ0n) is 18.7. The molecule has 1 saturated heterocycles. The largest absolute Gasteiger partial charge is 0.342 e. The van der Waals surface area contributed by atoms with Crippen LogP contribution in [0.4, 0.5) is 4.39 Å². The zero-order valence-corrected chi connectivity index (χ0v) is 18.7. The van der Waals surface area contributed by atoms with Crippen LogP contribution >= 0.6 is 0 Å². The lowest BCUT2D eigenvalue weighted by Crippen LogP contribution is -2.50. The number of hydrogen-bond donors (Lipinski definition) is 1. The van der Waals surface area contributed by atoms with E-state index in [9.17, 15) is 14.0 Å². The Morgan fingerprint density at radius 3 is 2.64 bits per heavy atom. The van der Waals surface area contributed by atoms with Gasteiger partial charge in [0.1, 0.15) is 11.6 Å². The molecule has 1 fully saturated rings. The third-order valence-electron chi connectivity index (χ3n) is 6.88. The van der Waals surface area contributed by atoms with E-state index in [1.54, 1.807) is 12.1 Å². The monoisotopic (exact) mass is 446 g/mol. The fourth-order valence-corrected chi connectivity index (χ4v) is 4.97. The number of piperidine rings is 1. The molecular formula is C26H27FN4O2. The molecule has 6 nitrogen and oxygen atoms in total. The van der Waals surface area contributed by atoms with Gasteiger partial charge < -0.3 is 14.8 Å². The summed E-state index contributed by atoms with van der Waals surface area (Å²) in [5, 5.41) is 0. The average Bonchev–Trinajstić information content (AvgIpc) is 3.14. The molecule has 1 spiro atoms. The van der Waals surface area contributed by atoms with Crippen molar-refractivity contribution in [2.75, 3.05) is 19.6 Å². The van der Waals surface area contributed by atoms with Gasteiger partial charge in [-0.25, -0.2) is 9.37 Å². The van der Waals surface area contributed by atoms with Crippen LogP contribution in [0.1, 0.15) is 41.0 Å². The molecule has 2 aliphatic heterocycles.